The normalized spacial score (nSPS) is 15.1. The van der Waals surface area contributed by atoms with E-state index < -0.39 is 0 Å². The van der Waals surface area contributed by atoms with Gasteiger partial charge in [-0.05, 0) is 42.3 Å². The molecule has 3 rings (SSSR count). The molecule has 2 aromatic rings. The summed E-state index contributed by atoms with van der Waals surface area (Å²) in [5.74, 6) is 1.80. The fraction of sp³-hybridized carbons (Fsp3) is 0.680. The van der Waals surface area contributed by atoms with Crippen LogP contribution in [0.3, 0.4) is 0 Å². The van der Waals surface area contributed by atoms with Crippen molar-refractivity contribution < 1.29 is 18.9 Å². The summed E-state index contributed by atoms with van der Waals surface area (Å²) in [6.07, 6.45) is 2.12. The number of hydrogen-bond donors (Lipinski definition) is 0. The Labute approximate surface area is 213 Å². The molecule has 36 heavy (non-hydrogen) atoms. The van der Waals surface area contributed by atoms with Gasteiger partial charge in [0.2, 0.25) is 0 Å². The van der Waals surface area contributed by atoms with E-state index in [0.29, 0.717) is 52.6 Å². The average Bonchev–Trinajstić information content (AvgIpc) is 3.39. The zero-order valence-electron chi connectivity index (χ0n) is 21.5. The molecule has 0 bridgehead atoms. The zero-order valence-corrected chi connectivity index (χ0v) is 21.5. The number of nitriles is 1. The molecule has 198 valence electrons. The van der Waals surface area contributed by atoms with Crippen LogP contribution in [-0.2, 0) is 20.8 Å². The topological polar surface area (TPSA) is 111 Å². The summed E-state index contributed by atoms with van der Waals surface area (Å²) in [5, 5.41) is 20.9. The number of unbranched alkanes of at least 4 members (excludes halogenated alkanes) is 1. The summed E-state index contributed by atoms with van der Waals surface area (Å²) in [6.45, 7) is 9.98. The van der Waals surface area contributed by atoms with E-state index in [1.165, 1.54) is 0 Å². The van der Waals surface area contributed by atoms with Crippen molar-refractivity contribution in [1.29, 1.82) is 5.26 Å². The molecule has 0 aliphatic carbocycles. The first-order chi connectivity index (χ1) is 17.7. The quantitative estimate of drug-likeness (QED) is 0.299. The lowest BCUT2D eigenvalue weighted by atomic mass is 10.2. The lowest BCUT2D eigenvalue weighted by Crippen LogP contribution is -2.47. The number of methoxy groups -OCH3 is 1. The standard InChI is InChI=1S/C25H39N7O4/c1-22(30-12-14-31(15-13-30)23-8-3-4-9-24(23)33-2)25-27-28-29-32(25)11-7-17-35-19-21-36-20-18-34-16-6-5-10-26/h3-4,8-9,22H,5-7,11-21H2,1-2H3. The number of aromatic nitrogens is 4. The van der Waals surface area contributed by atoms with Gasteiger partial charge in [0.25, 0.3) is 0 Å². The number of rotatable bonds is 17. The number of benzene rings is 1. The van der Waals surface area contributed by atoms with Crippen LogP contribution in [0.25, 0.3) is 0 Å². The van der Waals surface area contributed by atoms with Crippen LogP contribution < -0.4 is 9.64 Å². The van der Waals surface area contributed by atoms with Gasteiger partial charge in [0, 0.05) is 52.4 Å². The van der Waals surface area contributed by atoms with E-state index in [1.807, 2.05) is 16.8 Å². The van der Waals surface area contributed by atoms with Crippen molar-refractivity contribution in [3.05, 3.63) is 30.1 Å². The number of nitrogens with zero attached hydrogens (tertiary/aromatic N) is 7. The molecule has 0 radical (unpaired) electrons. The second-order valence-electron chi connectivity index (χ2n) is 8.58. The van der Waals surface area contributed by atoms with Crippen LogP contribution in [0.4, 0.5) is 5.69 Å². The molecule has 1 fully saturated rings. The smallest absolute Gasteiger partial charge is 0.168 e. The number of tetrazole rings is 1. The van der Waals surface area contributed by atoms with Gasteiger partial charge in [0.05, 0.1) is 51.3 Å². The van der Waals surface area contributed by atoms with E-state index in [9.17, 15) is 0 Å². The first-order valence-electron chi connectivity index (χ1n) is 12.7. The Morgan fingerprint density at radius 1 is 0.944 bits per heavy atom. The van der Waals surface area contributed by atoms with Crippen LogP contribution in [0.15, 0.2) is 24.3 Å². The third-order valence-electron chi connectivity index (χ3n) is 6.20. The highest BCUT2D eigenvalue weighted by Gasteiger charge is 2.26. The zero-order chi connectivity index (χ0) is 25.4. The number of aryl methyl sites for hydroxylation is 1. The van der Waals surface area contributed by atoms with Gasteiger partial charge >= 0.3 is 0 Å². The van der Waals surface area contributed by atoms with E-state index in [-0.39, 0.29) is 6.04 Å². The van der Waals surface area contributed by atoms with Crippen LogP contribution in [-0.4, -0.2) is 98.0 Å². The van der Waals surface area contributed by atoms with Crippen LogP contribution >= 0.6 is 0 Å². The summed E-state index contributed by atoms with van der Waals surface area (Å²) in [5.41, 5.74) is 1.14. The predicted octanol–water partition coefficient (Wildman–Crippen LogP) is 2.31. The fourth-order valence-electron chi connectivity index (χ4n) is 4.19. The van der Waals surface area contributed by atoms with Gasteiger partial charge in [-0.2, -0.15) is 5.26 Å². The molecule has 0 spiro atoms. The molecule has 1 aromatic carbocycles. The average molecular weight is 502 g/mol. The Kier molecular flexibility index (Phi) is 12.4. The van der Waals surface area contributed by atoms with Crippen molar-refractivity contribution in [2.75, 3.05) is 77.8 Å². The Hall–Kier alpha value is -2.78. The first-order valence-corrected chi connectivity index (χ1v) is 12.7. The predicted molar refractivity (Wildman–Crippen MR) is 135 cm³/mol. The van der Waals surface area contributed by atoms with Gasteiger partial charge in [-0.15, -0.1) is 5.10 Å². The molecule has 0 amide bonds. The van der Waals surface area contributed by atoms with Gasteiger partial charge in [-0.25, -0.2) is 4.68 Å². The minimum atomic E-state index is 0.135. The Morgan fingerprint density at radius 2 is 1.61 bits per heavy atom. The number of anilines is 1. The maximum Gasteiger partial charge on any atom is 0.168 e. The second-order valence-corrected chi connectivity index (χ2v) is 8.58. The molecule has 11 nitrogen and oxygen atoms in total. The summed E-state index contributed by atoms with van der Waals surface area (Å²) in [4.78, 5) is 4.80. The van der Waals surface area contributed by atoms with Crippen molar-refractivity contribution in [1.82, 2.24) is 25.1 Å². The van der Waals surface area contributed by atoms with Crippen molar-refractivity contribution in [2.45, 2.75) is 38.8 Å². The fourth-order valence-corrected chi connectivity index (χ4v) is 4.19. The van der Waals surface area contributed by atoms with Crippen LogP contribution in [0, 0.1) is 11.3 Å². The number of piperazine rings is 1. The van der Waals surface area contributed by atoms with E-state index in [4.69, 9.17) is 24.2 Å². The Balaban J connectivity index is 1.30. The van der Waals surface area contributed by atoms with Gasteiger partial charge in [-0.3, -0.25) is 4.90 Å². The molecule has 0 N–H and O–H groups in total. The van der Waals surface area contributed by atoms with Crippen molar-refractivity contribution in [2.24, 2.45) is 0 Å². The minimum Gasteiger partial charge on any atom is -0.495 e. The maximum absolute atomic E-state index is 8.47. The maximum atomic E-state index is 8.47. The molecule has 1 saturated heterocycles. The summed E-state index contributed by atoms with van der Waals surface area (Å²) >= 11 is 0. The lowest BCUT2D eigenvalue weighted by Gasteiger charge is -2.39. The van der Waals surface area contributed by atoms with E-state index in [2.05, 4.69) is 50.5 Å². The summed E-state index contributed by atoms with van der Waals surface area (Å²) in [6, 6.07) is 10.4. The Bertz CT molecular complexity index is 912. The largest absolute Gasteiger partial charge is 0.495 e. The molecule has 1 aromatic heterocycles. The van der Waals surface area contributed by atoms with Crippen LogP contribution in [0.2, 0.25) is 0 Å². The lowest BCUT2D eigenvalue weighted by molar-refractivity contribution is 0.0133. The van der Waals surface area contributed by atoms with Crippen molar-refractivity contribution >= 4 is 5.69 Å². The molecule has 1 unspecified atom stereocenters. The number of ether oxygens (including phenoxy) is 4. The van der Waals surface area contributed by atoms with E-state index in [1.54, 1.807) is 7.11 Å². The molecule has 1 aliphatic rings. The van der Waals surface area contributed by atoms with Gasteiger partial charge in [-0.1, -0.05) is 12.1 Å². The van der Waals surface area contributed by atoms with Crippen molar-refractivity contribution in [3.63, 3.8) is 0 Å². The van der Waals surface area contributed by atoms with Gasteiger partial charge in [0.15, 0.2) is 5.82 Å². The third kappa shape index (κ3) is 8.71. The minimum absolute atomic E-state index is 0.135. The van der Waals surface area contributed by atoms with E-state index >= 15 is 0 Å². The molecule has 2 heterocycles. The first kappa shape index (κ1) is 27.8. The van der Waals surface area contributed by atoms with Gasteiger partial charge < -0.3 is 23.8 Å². The highest BCUT2D eigenvalue weighted by molar-refractivity contribution is 5.58. The van der Waals surface area contributed by atoms with E-state index in [0.717, 1.165) is 56.3 Å². The monoisotopic (exact) mass is 501 g/mol. The van der Waals surface area contributed by atoms with Gasteiger partial charge in [0.1, 0.15) is 5.75 Å². The molecule has 11 heteroatoms. The van der Waals surface area contributed by atoms with Crippen LogP contribution in [0.5, 0.6) is 5.75 Å². The number of hydrogen-bond acceptors (Lipinski definition) is 10. The molecular weight excluding hydrogens is 462 g/mol. The highest BCUT2D eigenvalue weighted by Crippen LogP contribution is 2.29. The number of para-hydroxylation sites is 2. The Morgan fingerprint density at radius 3 is 2.31 bits per heavy atom. The molecule has 1 atom stereocenters. The summed E-state index contributed by atoms with van der Waals surface area (Å²) < 4.78 is 24.0. The molecule has 1 aliphatic heterocycles. The van der Waals surface area contributed by atoms with Crippen molar-refractivity contribution in [3.8, 4) is 11.8 Å². The third-order valence-corrected chi connectivity index (χ3v) is 6.20. The van der Waals surface area contributed by atoms with Crippen LogP contribution in [0.1, 0.15) is 38.1 Å². The second kappa shape index (κ2) is 16.1. The molecular formula is C25H39N7O4. The summed E-state index contributed by atoms with van der Waals surface area (Å²) in [7, 11) is 1.72. The highest BCUT2D eigenvalue weighted by atomic mass is 16.5. The molecule has 0 saturated carbocycles. The SMILES string of the molecule is COc1ccccc1N1CCN(C(C)c2nnnn2CCCOCCOCCOCCCC#N)CC1.